The number of fused-ring (bicyclic) bond motifs is 5. The molecule has 3 saturated carbocycles. The lowest BCUT2D eigenvalue weighted by Gasteiger charge is -2.70. The minimum absolute atomic E-state index is 0.0652. The Morgan fingerprint density at radius 2 is 1.72 bits per heavy atom. The highest BCUT2D eigenvalue weighted by molar-refractivity contribution is 6.01. The van der Waals surface area contributed by atoms with Gasteiger partial charge in [-0.25, -0.2) is 0 Å². The van der Waals surface area contributed by atoms with E-state index in [2.05, 4.69) is 66.6 Å². The van der Waals surface area contributed by atoms with Crippen molar-refractivity contribution in [3.8, 4) is 0 Å². The van der Waals surface area contributed by atoms with Gasteiger partial charge in [0.05, 0.1) is 12.3 Å². The summed E-state index contributed by atoms with van der Waals surface area (Å²) < 4.78 is 13.3. The van der Waals surface area contributed by atoms with Gasteiger partial charge in [0, 0.05) is 27.7 Å². The van der Waals surface area contributed by atoms with Gasteiger partial charge in [-0.2, -0.15) is 0 Å². The number of ketones is 1. The van der Waals surface area contributed by atoms with E-state index in [-0.39, 0.29) is 38.6 Å². The number of carbonyl (C=O) groups excluding carboxylic acids is 1. The summed E-state index contributed by atoms with van der Waals surface area (Å²) >= 11 is 0. The van der Waals surface area contributed by atoms with Crippen molar-refractivity contribution < 1.29 is 14.1 Å². The van der Waals surface area contributed by atoms with Gasteiger partial charge in [-0.3, -0.25) is 4.79 Å². The molecule has 0 aromatic carbocycles. The molecule has 6 aliphatic rings. The quantitative estimate of drug-likeness (QED) is 0.391. The molecule has 4 nitrogen and oxygen atoms in total. The van der Waals surface area contributed by atoms with Gasteiger partial charge in [0.1, 0.15) is 11.4 Å². The van der Waals surface area contributed by atoms with E-state index in [9.17, 15) is 0 Å². The van der Waals surface area contributed by atoms with Gasteiger partial charge in [-0.15, -0.1) is 0 Å². The minimum Gasteiger partial charge on any atom is -0.362 e. The van der Waals surface area contributed by atoms with E-state index >= 15 is 4.79 Å². The predicted octanol–water partition coefficient (Wildman–Crippen LogP) is 8.38. The van der Waals surface area contributed by atoms with E-state index in [1.165, 1.54) is 43.2 Å². The van der Waals surface area contributed by atoms with Crippen LogP contribution in [0.3, 0.4) is 0 Å². The van der Waals surface area contributed by atoms with Crippen LogP contribution in [0.1, 0.15) is 131 Å². The summed E-state index contributed by atoms with van der Waals surface area (Å²) in [7, 11) is 0. The largest absolute Gasteiger partial charge is 0.362 e. The molecule has 1 spiro atoms. The van der Waals surface area contributed by atoms with Crippen LogP contribution >= 0.6 is 0 Å². The van der Waals surface area contributed by atoms with Crippen molar-refractivity contribution in [2.45, 2.75) is 143 Å². The van der Waals surface area contributed by atoms with Crippen LogP contribution in [0.15, 0.2) is 22.4 Å². The Kier molecular flexibility index (Phi) is 5.22. The Morgan fingerprint density at radius 1 is 0.974 bits per heavy atom. The average molecular weight is 534 g/mol. The molecule has 1 aromatic heterocycles. The molecule has 7 rings (SSSR count). The maximum Gasteiger partial charge on any atom is 0.188 e. The van der Waals surface area contributed by atoms with Crippen LogP contribution in [0.2, 0.25) is 0 Å². The predicted molar refractivity (Wildman–Crippen MR) is 153 cm³/mol. The number of ether oxygens (including phenoxy) is 1. The number of unbranched alkanes of at least 4 members (excludes halogenated alkanes) is 1. The summed E-state index contributed by atoms with van der Waals surface area (Å²) in [6.45, 7) is 19.3. The van der Waals surface area contributed by atoms with Crippen LogP contribution in [0.4, 0.5) is 0 Å². The van der Waals surface area contributed by atoms with Crippen LogP contribution in [-0.2, 0) is 21.4 Å². The second-order valence-electron chi connectivity index (χ2n) is 16.8. The van der Waals surface area contributed by atoms with Crippen LogP contribution in [-0.4, -0.2) is 22.6 Å². The first kappa shape index (κ1) is 26.5. The third kappa shape index (κ3) is 2.86. The van der Waals surface area contributed by atoms with Crippen LogP contribution in [0.5, 0.6) is 0 Å². The smallest absolute Gasteiger partial charge is 0.188 e. The zero-order chi connectivity index (χ0) is 27.9. The van der Waals surface area contributed by atoms with Crippen LogP contribution < -0.4 is 0 Å². The lowest BCUT2D eigenvalue weighted by atomic mass is 9.33. The second kappa shape index (κ2) is 7.69. The number of hydrogen-bond donors (Lipinski definition) is 0. The molecule has 1 saturated heterocycles. The monoisotopic (exact) mass is 533 g/mol. The van der Waals surface area contributed by atoms with Crippen molar-refractivity contribution >= 4 is 5.78 Å². The molecule has 214 valence electrons. The summed E-state index contributed by atoms with van der Waals surface area (Å²) in [5, 5.41) is 4.24. The fourth-order valence-corrected chi connectivity index (χ4v) is 12.2. The summed E-state index contributed by atoms with van der Waals surface area (Å²) in [6.07, 6.45) is 16.9. The summed E-state index contributed by atoms with van der Waals surface area (Å²) in [6, 6.07) is 0. The van der Waals surface area contributed by atoms with E-state index in [1.54, 1.807) is 0 Å². The number of rotatable bonds is 3. The van der Waals surface area contributed by atoms with Gasteiger partial charge in [0.15, 0.2) is 5.78 Å². The summed E-state index contributed by atoms with van der Waals surface area (Å²) in [5.74, 6) is 2.12. The van der Waals surface area contributed by atoms with Crippen molar-refractivity contribution in [3.05, 3.63) is 29.2 Å². The van der Waals surface area contributed by atoms with Crippen molar-refractivity contribution in [2.75, 3.05) is 0 Å². The highest BCUT2D eigenvalue weighted by Gasteiger charge is 2.81. The molecule has 1 aromatic rings. The Labute approximate surface area is 236 Å². The van der Waals surface area contributed by atoms with E-state index in [4.69, 9.17) is 9.26 Å². The first-order valence-electron chi connectivity index (χ1n) is 16.1. The lowest BCUT2D eigenvalue weighted by molar-refractivity contribution is -0.209. The molecule has 4 fully saturated rings. The molecule has 4 heteroatoms. The molecule has 8 atom stereocenters. The number of hydrogen-bond acceptors (Lipinski definition) is 4. The minimum atomic E-state index is -0.685. The molecule has 2 heterocycles. The van der Waals surface area contributed by atoms with Gasteiger partial charge in [-0.05, 0) is 86.0 Å². The van der Waals surface area contributed by atoms with Gasteiger partial charge in [0.2, 0.25) is 0 Å². The number of carbonyl (C=O) groups is 1. The third-order valence-electron chi connectivity index (χ3n) is 14.3. The number of nitrogens with zero attached hydrogens (tertiary/aromatic N) is 1. The molecule has 39 heavy (non-hydrogen) atoms. The maximum atomic E-state index is 15.0. The Morgan fingerprint density at radius 3 is 2.46 bits per heavy atom. The van der Waals surface area contributed by atoms with Crippen molar-refractivity contribution in [3.63, 3.8) is 0 Å². The molecule has 0 radical (unpaired) electrons. The zero-order valence-corrected chi connectivity index (χ0v) is 25.8. The second-order valence-corrected chi connectivity index (χ2v) is 16.8. The van der Waals surface area contributed by atoms with E-state index in [0.29, 0.717) is 17.6 Å². The topological polar surface area (TPSA) is 52.3 Å². The highest BCUT2D eigenvalue weighted by Crippen LogP contribution is 2.79. The van der Waals surface area contributed by atoms with Crippen molar-refractivity contribution in [2.24, 2.45) is 38.9 Å². The van der Waals surface area contributed by atoms with Gasteiger partial charge in [0.25, 0.3) is 0 Å². The van der Waals surface area contributed by atoms with Crippen LogP contribution in [0.25, 0.3) is 0 Å². The first-order valence-corrected chi connectivity index (χ1v) is 16.1. The highest BCUT2D eigenvalue weighted by atomic mass is 16.5. The Bertz CT molecular complexity index is 1260. The molecule has 1 aliphatic heterocycles. The normalized spacial score (nSPS) is 48.8. The van der Waals surface area contributed by atoms with E-state index < -0.39 is 5.60 Å². The third-order valence-corrected chi connectivity index (χ3v) is 14.3. The SMILES string of the molecule is CCCCC1O[C@]23C(=O)C=C4[C@@]5(C)Cc6cnoc6C(C)(C)[C@@H]5CC[C@@]4(C)[C@]2(C)CC[C@]12CCC(C)(C)C[C@H]23. The molecule has 2 bridgehead atoms. The zero-order valence-electron chi connectivity index (χ0n) is 25.8. The van der Waals surface area contributed by atoms with Crippen molar-refractivity contribution in [1.82, 2.24) is 5.16 Å². The van der Waals surface area contributed by atoms with Gasteiger partial charge in [-0.1, -0.05) is 79.0 Å². The summed E-state index contributed by atoms with van der Waals surface area (Å²) in [5.41, 5.74) is 1.93. The fourth-order valence-electron chi connectivity index (χ4n) is 12.2. The van der Waals surface area contributed by atoms with Crippen molar-refractivity contribution in [1.29, 1.82) is 0 Å². The molecule has 0 N–H and O–H groups in total. The molecular formula is C35H51NO3. The fraction of sp³-hybridized carbons (Fsp3) is 0.829. The van der Waals surface area contributed by atoms with Crippen LogP contribution in [0, 0.1) is 38.9 Å². The molecule has 0 amide bonds. The Hall–Kier alpha value is -1.42. The van der Waals surface area contributed by atoms with E-state index in [1.807, 2.05) is 6.20 Å². The molecular weight excluding hydrogens is 482 g/mol. The standard InChI is InChI=1S/C35H51NO3/c1-9-10-11-27-34-16-14-29(2,3)20-25(34)35(38-27)26(37)18-24-31(6)19-22-21-36-39-28(22)30(4,5)23(31)12-13-32(24,7)33(35,8)15-17-34/h18,21,23,25,27H,9-17,19-20H2,1-8H3/t23-,25+,27?,31-,32+,33-,34-,35+/m0/s1. The number of allylic oxidation sites excluding steroid dienone is 1. The van der Waals surface area contributed by atoms with E-state index in [0.717, 1.165) is 44.3 Å². The number of aromatic nitrogens is 1. The molecule has 5 aliphatic carbocycles. The summed E-state index contributed by atoms with van der Waals surface area (Å²) in [4.78, 5) is 15.0. The molecule has 1 unspecified atom stereocenters. The first-order chi connectivity index (χ1) is 18.2. The Balaban J connectivity index is 1.41. The average Bonchev–Trinajstić information content (AvgIpc) is 3.40. The van der Waals surface area contributed by atoms with Gasteiger partial charge < -0.3 is 9.26 Å². The van der Waals surface area contributed by atoms with Gasteiger partial charge >= 0.3 is 0 Å². The maximum absolute atomic E-state index is 15.0. The lowest BCUT2D eigenvalue weighted by Crippen LogP contribution is -2.71.